The van der Waals surface area contributed by atoms with Gasteiger partial charge in [-0.3, -0.25) is 9.36 Å². The van der Waals surface area contributed by atoms with E-state index in [-0.39, 0.29) is 28.8 Å². The van der Waals surface area contributed by atoms with Crippen LogP contribution in [-0.4, -0.2) is 28.7 Å². The molecule has 0 unspecified atom stereocenters. The SMILES string of the molecule is [C-]#[N+]c1ccc(-c2nc(N3CCC(N)CC3)n(C)c(=O)c2C#CC(C)C)cc1F. The Morgan fingerprint density at radius 1 is 1.34 bits per heavy atom. The number of aromatic nitrogens is 2. The second-order valence-corrected chi connectivity index (χ2v) is 7.53. The van der Waals surface area contributed by atoms with E-state index in [2.05, 4.69) is 16.7 Å². The van der Waals surface area contributed by atoms with Crippen molar-refractivity contribution < 1.29 is 4.39 Å². The van der Waals surface area contributed by atoms with E-state index in [9.17, 15) is 9.18 Å². The molecule has 1 aliphatic heterocycles. The molecule has 1 aromatic carbocycles. The van der Waals surface area contributed by atoms with Crippen LogP contribution in [0, 0.1) is 30.1 Å². The zero-order chi connectivity index (χ0) is 21.1. The Balaban J connectivity index is 2.21. The summed E-state index contributed by atoms with van der Waals surface area (Å²) in [6.45, 7) is 12.3. The summed E-state index contributed by atoms with van der Waals surface area (Å²) in [5.41, 5.74) is 6.64. The molecule has 0 saturated carbocycles. The van der Waals surface area contributed by atoms with E-state index in [1.807, 2.05) is 18.7 Å². The lowest BCUT2D eigenvalue weighted by Crippen LogP contribution is -2.42. The first kappa shape index (κ1) is 20.6. The van der Waals surface area contributed by atoms with Gasteiger partial charge in [0, 0.05) is 37.7 Å². The normalized spacial score (nSPS) is 14.4. The van der Waals surface area contributed by atoms with Crippen molar-refractivity contribution in [3.05, 3.63) is 51.4 Å². The van der Waals surface area contributed by atoms with Crippen molar-refractivity contribution >= 4 is 11.6 Å². The average molecular weight is 393 g/mol. The molecule has 2 aromatic rings. The quantitative estimate of drug-likeness (QED) is 0.629. The molecule has 1 fully saturated rings. The molecule has 150 valence electrons. The fourth-order valence-electron chi connectivity index (χ4n) is 3.26. The summed E-state index contributed by atoms with van der Waals surface area (Å²) < 4.78 is 15.8. The van der Waals surface area contributed by atoms with Crippen LogP contribution in [0.15, 0.2) is 23.0 Å². The predicted molar refractivity (Wildman–Crippen MR) is 112 cm³/mol. The van der Waals surface area contributed by atoms with Crippen LogP contribution in [0.3, 0.4) is 0 Å². The highest BCUT2D eigenvalue weighted by Crippen LogP contribution is 2.28. The van der Waals surface area contributed by atoms with E-state index in [1.165, 1.54) is 16.7 Å². The lowest BCUT2D eigenvalue weighted by molar-refractivity contribution is 0.490. The van der Waals surface area contributed by atoms with Crippen LogP contribution in [0.1, 0.15) is 32.3 Å². The van der Waals surface area contributed by atoms with Gasteiger partial charge in [0.15, 0.2) is 0 Å². The predicted octanol–water partition coefficient (Wildman–Crippen LogP) is 3.07. The number of nitrogens with two attached hydrogens (primary N) is 1. The maximum absolute atomic E-state index is 14.3. The fraction of sp³-hybridized carbons (Fsp3) is 0.409. The van der Waals surface area contributed by atoms with Gasteiger partial charge in [0.2, 0.25) is 11.6 Å². The van der Waals surface area contributed by atoms with Crippen molar-refractivity contribution in [3.8, 4) is 23.1 Å². The summed E-state index contributed by atoms with van der Waals surface area (Å²) in [5, 5.41) is 0. The Hall–Kier alpha value is -3.16. The van der Waals surface area contributed by atoms with Crippen LogP contribution < -0.4 is 16.2 Å². The Morgan fingerprint density at radius 3 is 2.62 bits per heavy atom. The van der Waals surface area contributed by atoms with E-state index in [0.29, 0.717) is 30.3 Å². The number of piperidine rings is 1. The van der Waals surface area contributed by atoms with E-state index >= 15 is 0 Å². The number of hydrogen-bond acceptors (Lipinski definition) is 4. The molecule has 0 amide bonds. The molecule has 2 heterocycles. The van der Waals surface area contributed by atoms with Gasteiger partial charge in [-0.15, -0.1) is 0 Å². The molecule has 2 N–H and O–H groups in total. The first-order chi connectivity index (χ1) is 13.8. The average Bonchev–Trinajstić information content (AvgIpc) is 2.69. The maximum atomic E-state index is 14.3. The molecule has 0 bridgehead atoms. The number of anilines is 1. The lowest BCUT2D eigenvalue weighted by atomic mass is 10.0. The molecule has 6 nitrogen and oxygen atoms in total. The monoisotopic (exact) mass is 393 g/mol. The van der Waals surface area contributed by atoms with E-state index in [0.717, 1.165) is 12.8 Å². The van der Waals surface area contributed by atoms with E-state index < -0.39 is 5.82 Å². The number of halogens is 1. The molecule has 0 radical (unpaired) electrons. The van der Waals surface area contributed by atoms with E-state index in [1.54, 1.807) is 13.1 Å². The highest BCUT2D eigenvalue weighted by atomic mass is 19.1. The highest BCUT2D eigenvalue weighted by molar-refractivity contribution is 5.70. The number of benzene rings is 1. The topological polar surface area (TPSA) is 68.5 Å². The first-order valence-corrected chi connectivity index (χ1v) is 9.62. The first-order valence-electron chi connectivity index (χ1n) is 9.62. The smallest absolute Gasteiger partial charge is 0.271 e. The van der Waals surface area contributed by atoms with Crippen LogP contribution in [-0.2, 0) is 7.05 Å². The van der Waals surface area contributed by atoms with Gasteiger partial charge < -0.3 is 10.6 Å². The van der Waals surface area contributed by atoms with Crippen molar-refractivity contribution in [1.29, 1.82) is 0 Å². The van der Waals surface area contributed by atoms with Gasteiger partial charge in [-0.25, -0.2) is 14.2 Å². The zero-order valence-electron chi connectivity index (χ0n) is 16.9. The summed E-state index contributed by atoms with van der Waals surface area (Å²) in [6, 6.07) is 4.39. The van der Waals surface area contributed by atoms with Crippen LogP contribution in [0.25, 0.3) is 16.1 Å². The van der Waals surface area contributed by atoms with Crippen LogP contribution in [0.5, 0.6) is 0 Å². The van der Waals surface area contributed by atoms with Gasteiger partial charge in [0.25, 0.3) is 5.56 Å². The number of nitrogens with zero attached hydrogens (tertiary/aromatic N) is 4. The highest BCUT2D eigenvalue weighted by Gasteiger charge is 2.23. The van der Waals surface area contributed by atoms with Crippen LogP contribution in [0.2, 0.25) is 0 Å². The van der Waals surface area contributed by atoms with Gasteiger partial charge in [-0.05, 0) is 18.9 Å². The van der Waals surface area contributed by atoms with Crippen LogP contribution in [0.4, 0.5) is 16.0 Å². The van der Waals surface area contributed by atoms with E-state index in [4.69, 9.17) is 17.3 Å². The number of rotatable bonds is 2. The Morgan fingerprint density at radius 2 is 2.03 bits per heavy atom. The minimum absolute atomic E-state index is 0.0667. The van der Waals surface area contributed by atoms with Crippen molar-refractivity contribution in [2.75, 3.05) is 18.0 Å². The molecule has 3 rings (SSSR count). The molecule has 1 saturated heterocycles. The fourth-order valence-corrected chi connectivity index (χ4v) is 3.26. The van der Waals surface area contributed by atoms with Crippen molar-refractivity contribution in [2.45, 2.75) is 32.7 Å². The largest absolute Gasteiger partial charge is 0.342 e. The molecule has 1 aromatic heterocycles. The Labute approximate surface area is 170 Å². The van der Waals surface area contributed by atoms with Gasteiger partial charge in [-0.2, -0.15) is 0 Å². The Bertz CT molecular complexity index is 1080. The summed E-state index contributed by atoms with van der Waals surface area (Å²) in [4.78, 5) is 23.0. The summed E-state index contributed by atoms with van der Waals surface area (Å²) in [7, 11) is 1.67. The van der Waals surface area contributed by atoms with Crippen molar-refractivity contribution in [3.63, 3.8) is 0 Å². The third-order valence-corrected chi connectivity index (χ3v) is 4.92. The van der Waals surface area contributed by atoms with Gasteiger partial charge in [0.1, 0.15) is 11.4 Å². The molecular weight excluding hydrogens is 369 g/mol. The third kappa shape index (κ3) is 4.31. The summed E-state index contributed by atoms with van der Waals surface area (Å²) in [6.07, 6.45) is 1.63. The molecular formula is C22H24FN5O. The molecule has 29 heavy (non-hydrogen) atoms. The number of hydrogen-bond donors (Lipinski definition) is 1. The standard InChI is InChI=1S/C22H24FN5O/c1-14(2)5-7-17-20(15-6-8-19(25-3)18(23)13-15)26-22(27(4)21(17)29)28-11-9-16(24)10-12-28/h6,8,13-14,16H,9-12,24H2,1-2,4H3. The molecule has 0 aliphatic carbocycles. The second-order valence-electron chi connectivity index (χ2n) is 7.53. The minimum atomic E-state index is -0.645. The van der Waals surface area contributed by atoms with Gasteiger partial charge in [0.05, 0.1) is 12.3 Å². The third-order valence-electron chi connectivity index (χ3n) is 4.92. The molecule has 1 aliphatic rings. The Kier molecular flexibility index (Phi) is 6.00. The van der Waals surface area contributed by atoms with Crippen LogP contribution >= 0.6 is 0 Å². The van der Waals surface area contributed by atoms with Gasteiger partial charge in [-0.1, -0.05) is 37.8 Å². The second kappa shape index (κ2) is 8.46. The van der Waals surface area contributed by atoms with Crippen molar-refractivity contribution in [1.82, 2.24) is 9.55 Å². The molecule has 0 spiro atoms. The molecule has 7 heteroatoms. The maximum Gasteiger partial charge on any atom is 0.271 e. The molecule has 0 atom stereocenters. The minimum Gasteiger partial charge on any atom is -0.342 e. The van der Waals surface area contributed by atoms with Crippen molar-refractivity contribution in [2.24, 2.45) is 18.7 Å². The lowest BCUT2D eigenvalue weighted by Gasteiger charge is -2.32. The van der Waals surface area contributed by atoms with Gasteiger partial charge >= 0.3 is 0 Å². The summed E-state index contributed by atoms with van der Waals surface area (Å²) >= 11 is 0. The summed E-state index contributed by atoms with van der Waals surface area (Å²) in [5.74, 6) is 5.88. The zero-order valence-corrected chi connectivity index (χ0v) is 16.9.